The standard InChI is InChI=1S/C10H9NO3.C2H6/c12-9(8-4-2-1-3-5-8)11-6-7-14-10(11)13;1-2/h1-5H,6-7H2;1-2H3. The fraction of sp³-hybridized carbons (Fsp3) is 0.333. The Labute approximate surface area is 94.8 Å². The van der Waals surface area contributed by atoms with Crippen LogP contribution in [0.2, 0.25) is 0 Å². The predicted octanol–water partition coefficient (Wildman–Crippen LogP) is 2.31. The topological polar surface area (TPSA) is 46.6 Å². The number of imide groups is 1. The summed E-state index contributed by atoms with van der Waals surface area (Å²) in [6.07, 6.45) is -0.557. The predicted molar refractivity (Wildman–Crippen MR) is 60.2 cm³/mol. The lowest BCUT2D eigenvalue weighted by atomic mass is 10.2. The van der Waals surface area contributed by atoms with E-state index in [2.05, 4.69) is 4.74 Å². The number of carbonyl (C=O) groups is 2. The van der Waals surface area contributed by atoms with Crippen LogP contribution in [-0.2, 0) is 4.74 Å². The van der Waals surface area contributed by atoms with Crippen LogP contribution in [0.1, 0.15) is 24.2 Å². The average molecular weight is 221 g/mol. The molecule has 86 valence electrons. The van der Waals surface area contributed by atoms with Crippen LogP contribution >= 0.6 is 0 Å². The van der Waals surface area contributed by atoms with Crippen molar-refractivity contribution in [3.8, 4) is 0 Å². The molecule has 4 heteroatoms. The second-order valence-corrected chi connectivity index (χ2v) is 2.94. The Bertz CT molecular complexity index is 362. The van der Waals surface area contributed by atoms with Crippen molar-refractivity contribution in [3.05, 3.63) is 35.9 Å². The summed E-state index contributed by atoms with van der Waals surface area (Å²) in [7, 11) is 0. The Morgan fingerprint density at radius 3 is 2.38 bits per heavy atom. The van der Waals surface area contributed by atoms with Crippen molar-refractivity contribution in [2.24, 2.45) is 0 Å². The molecular formula is C12H15NO3. The summed E-state index contributed by atoms with van der Waals surface area (Å²) in [4.78, 5) is 23.9. The molecule has 0 radical (unpaired) electrons. The average Bonchev–Trinajstić information content (AvgIpc) is 2.78. The quantitative estimate of drug-likeness (QED) is 0.731. The second kappa shape index (κ2) is 5.90. The molecule has 1 aliphatic rings. The van der Waals surface area contributed by atoms with Crippen molar-refractivity contribution in [1.29, 1.82) is 0 Å². The maximum atomic E-state index is 11.7. The molecule has 0 atom stereocenters. The summed E-state index contributed by atoms with van der Waals surface area (Å²) < 4.78 is 4.67. The van der Waals surface area contributed by atoms with Gasteiger partial charge in [0, 0.05) is 5.56 Å². The van der Waals surface area contributed by atoms with Crippen molar-refractivity contribution in [2.75, 3.05) is 13.2 Å². The fourth-order valence-electron chi connectivity index (χ4n) is 1.31. The van der Waals surface area contributed by atoms with Crippen molar-refractivity contribution in [2.45, 2.75) is 13.8 Å². The maximum absolute atomic E-state index is 11.7. The normalized spacial score (nSPS) is 13.9. The van der Waals surface area contributed by atoms with Crippen LogP contribution < -0.4 is 0 Å². The van der Waals surface area contributed by atoms with E-state index in [4.69, 9.17) is 0 Å². The van der Waals surface area contributed by atoms with Crippen LogP contribution in [0, 0.1) is 0 Å². The van der Waals surface area contributed by atoms with E-state index < -0.39 is 6.09 Å². The number of nitrogens with zero attached hydrogens (tertiary/aromatic N) is 1. The van der Waals surface area contributed by atoms with Gasteiger partial charge >= 0.3 is 6.09 Å². The van der Waals surface area contributed by atoms with E-state index in [-0.39, 0.29) is 12.5 Å². The molecule has 4 nitrogen and oxygen atoms in total. The number of benzene rings is 1. The zero-order valence-electron chi connectivity index (χ0n) is 9.47. The minimum absolute atomic E-state index is 0.289. The molecule has 0 saturated carbocycles. The lowest BCUT2D eigenvalue weighted by Gasteiger charge is -2.09. The van der Waals surface area contributed by atoms with Crippen molar-refractivity contribution < 1.29 is 14.3 Å². The SMILES string of the molecule is CC.O=C1OCCN1C(=O)c1ccccc1. The molecule has 0 bridgehead atoms. The van der Waals surface area contributed by atoms with Gasteiger partial charge in [-0.15, -0.1) is 0 Å². The first kappa shape index (κ1) is 12.2. The smallest absolute Gasteiger partial charge is 0.416 e. The van der Waals surface area contributed by atoms with Gasteiger partial charge in [-0.3, -0.25) is 4.79 Å². The number of hydrogen-bond acceptors (Lipinski definition) is 3. The number of carbonyl (C=O) groups excluding carboxylic acids is 2. The Morgan fingerprint density at radius 2 is 1.88 bits per heavy atom. The molecule has 1 saturated heterocycles. The van der Waals surface area contributed by atoms with Crippen LogP contribution in [0.3, 0.4) is 0 Å². The Balaban J connectivity index is 0.000000606. The molecule has 1 aliphatic heterocycles. The van der Waals surface area contributed by atoms with Crippen LogP contribution in [0.25, 0.3) is 0 Å². The van der Waals surface area contributed by atoms with Crippen LogP contribution in [0.4, 0.5) is 4.79 Å². The Hall–Kier alpha value is -1.84. The molecule has 0 aliphatic carbocycles. The van der Waals surface area contributed by atoms with E-state index in [1.807, 2.05) is 19.9 Å². The first-order valence-corrected chi connectivity index (χ1v) is 5.33. The first-order chi connectivity index (χ1) is 7.79. The van der Waals surface area contributed by atoms with E-state index in [0.717, 1.165) is 4.90 Å². The van der Waals surface area contributed by atoms with E-state index in [0.29, 0.717) is 12.1 Å². The molecule has 1 aromatic rings. The first-order valence-electron chi connectivity index (χ1n) is 5.33. The zero-order valence-corrected chi connectivity index (χ0v) is 9.47. The third kappa shape index (κ3) is 2.59. The van der Waals surface area contributed by atoms with Gasteiger partial charge in [-0.2, -0.15) is 0 Å². The molecule has 0 unspecified atom stereocenters. The second-order valence-electron chi connectivity index (χ2n) is 2.94. The van der Waals surface area contributed by atoms with Crippen molar-refractivity contribution >= 4 is 12.0 Å². The van der Waals surface area contributed by atoms with E-state index in [9.17, 15) is 9.59 Å². The van der Waals surface area contributed by atoms with Gasteiger partial charge in [-0.25, -0.2) is 9.69 Å². The van der Waals surface area contributed by atoms with E-state index >= 15 is 0 Å². The van der Waals surface area contributed by atoms with E-state index in [1.165, 1.54) is 0 Å². The Morgan fingerprint density at radius 1 is 1.25 bits per heavy atom. The molecule has 1 aromatic carbocycles. The van der Waals surface area contributed by atoms with Gasteiger partial charge in [-0.05, 0) is 12.1 Å². The lowest BCUT2D eigenvalue weighted by molar-refractivity contribution is 0.0810. The summed E-state index contributed by atoms with van der Waals surface area (Å²) in [5, 5.41) is 0. The molecule has 0 spiro atoms. The molecule has 2 amide bonds. The number of hydrogen-bond donors (Lipinski definition) is 0. The lowest BCUT2D eigenvalue weighted by Crippen LogP contribution is -2.31. The largest absolute Gasteiger partial charge is 0.447 e. The molecule has 1 fully saturated rings. The van der Waals surface area contributed by atoms with Gasteiger partial charge in [0.15, 0.2) is 0 Å². The van der Waals surface area contributed by atoms with Gasteiger partial charge in [0.05, 0.1) is 6.54 Å². The number of cyclic esters (lactones) is 1. The summed E-state index contributed by atoms with van der Waals surface area (Å²) >= 11 is 0. The molecule has 16 heavy (non-hydrogen) atoms. The minimum Gasteiger partial charge on any atom is -0.447 e. The fourth-order valence-corrected chi connectivity index (χ4v) is 1.31. The van der Waals surface area contributed by atoms with Gasteiger partial charge in [-0.1, -0.05) is 32.0 Å². The Kier molecular flexibility index (Phi) is 4.51. The molecule has 2 rings (SSSR count). The van der Waals surface area contributed by atoms with Crippen molar-refractivity contribution in [1.82, 2.24) is 4.90 Å². The highest BCUT2D eigenvalue weighted by Crippen LogP contribution is 2.09. The van der Waals surface area contributed by atoms with Gasteiger partial charge in [0.1, 0.15) is 6.61 Å². The summed E-state index contributed by atoms with van der Waals surface area (Å²) in [6.45, 7) is 4.63. The maximum Gasteiger partial charge on any atom is 0.416 e. The number of ether oxygens (including phenoxy) is 1. The molecule has 1 heterocycles. The third-order valence-electron chi connectivity index (χ3n) is 2.03. The van der Waals surface area contributed by atoms with Gasteiger partial charge in [0.2, 0.25) is 0 Å². The van der Waals surface area contributed by atoms with Crippen LogP contribution in [0.5, 0.6) is 0 Å². The highest BCUT2D eigenvalue weighted by atomic mass is 16.6. The summed E-state index contributed by atoms with van der Waals surface area (Å²) in [5.74, 6) is -0.298. The van der Waals surface area contributed by atoms with Crippen molar-refractivity contribution in [3.63, 3.8) is 0 Å². The van der Waals surface area contributed by atoms with Gasteiger partial charge in [0.25, 0.3) is 5.91 Å². The van der Waals surface area contributed by atoms with Crippen LogP contribution in [-0.4, -0.2) is 30.1 Å². The monoisotopic (exact) mass is 221 g/mol. The van der Waals surface area contributed by atoms with Gasteiger partial charge < -0.3 is 4.74 Å². The van der Waals surface area contributed by atoms with E-state index in [1.54, 1.807) is 24.3 Å². The molecule has 0 N–H and O–H groups in total. The highest BCUT2D eigenvalue weighted by Gasteiger charge is 2.28. The highest BCUT2D eigenvalue weighted by molar-refractivity contribution is 6.03. The third-order valence-corrected chi connectivity index (χ3v) is 2.03. The minimum atomic E-state index is -0.557. The summed E-state index contributed by atoms with van der Waals surface area (Å²) in [6, 6.07) is 8.68. The summed E-state index contributed by atoms with van der Waals surface area (Å²) in [5.41, 5.74) is 0.506. The molecule has 0 aromatic heterocycles. The molecular weight excluding hydrogens is 206 g/mol. The number of amides is 2. The number of rotatable bonds is 1. The zero-order chi connectivity index (χ0) is 12.0. The van der Waals surface area contributed by atoms with Crippen LogP contribution in [0.15, 0.2) is 30.3 Å².